The molecule has 0 aliphatic rings. The van der Waals surface area contributed by atoms with Crippen LogP contribution in [0, 0.1) is 0 Å². The zero-order chi connectivity index (χ0) is 13.6. The van der Waals surface area contributed by atoms with Crippen LogP contribution in [0.3, 0.4) is 0 Å². The van der Waals surface area contributed by atoms with Gasteiger partial charge in [0.15, 0.2) is 0 Å². The molecule has 0 aromatic carbocycles. The van der Waals surface area contributed by atoms with Crippen LogP contribution < -0.4 is 5.32 Å². The van der Waals surface area contributed by atoms with E-state index < -0.39 is 12.6 Å². The molecule has 0 atom stereocenters. The van der Waals surface area contributed by atoms with Crippen molar-refractivity contribution in [2.45, 2.75) is 45.7 Å². The van der Waals surface area contributed by atoms with Gasteiger partial charge in [-0.15, -0.1) is 0 Å². The Hall–Kier alpha value is -1.33. The summed E-state index contributed by atoms with van der Waals surface area (Å²) in [5, 5.41) is 3.01. The molecule has 0 spiro atoms. The summed E-state index contributed by atoms with van der Waals surface area (Å²) >= 11 is 0. The number of nitrogens with zero attached hydrogens (tertiary/aromatic N) is 2. The fourth-order valence-corrected chi connectivity index (χ4v) is 1.57. The molecule has 0 amide bonds. The third-order valence-electron chi connectivity index (χ3n) is 2.32. The van der Waals surface area contributed by atoms with Crippen molar-refractivity contribution in [2.24, 2.45) is 0 Å². The predicted molar refractivity (Wildman–Crippen MR) is 64.6 cm³/mol. The van der Waals surface area contributed by atoms with Gasteiger partial charge in [-0.05, 0) is 13.3 Å². The van der Waals surface area contributed by atoms with Gasteiger partial charge in [0.25, 0.3) is 0 Å². The first kappa shape index (κ1) is 14.7. The highest BCUT2D eigenvalue weighted by molar-refractivity contribution is 5.36. The molecule has 3 nitrogen and oxygen atoms in total. The Balaban J connectivity index is 2.81. The van der Waals surface area contributed by atoms with Gasteiger partial charge in [0.1, 0.15) is 11.6 Å². The Morgan fingerprint density at radius 3 is 2.44 bits per heavy atom. The number of aryl methyl sites for hydroxylation is 2. The first-order valence-electron chi connectivity index (χ1n) is 6.12. The molecule has 1 N–H and O–H groups in total. The summed E-state index contributed by atoms with van der Waals surface area (Å²) in [6.07, 6.45) is -3.56. The molecule has 102 valence electrons. The van der Waals surface area contributed by atoms with Crippen LogP contribution in [0.2, 0.25) is 0 Å². The van der Waals surface area contributed by atoms with Gasteiger partial charge in [0, 0.05) is 24.7 Å². The highest BCUT2D eigenvalue weighted by Crippen LogP contribution is 2.21. The van der Waals surface area contributed by atoms with Crippen molar-refractivity contribution in [1.82, 2.24) is 9.97 Å². The van der Waals surface area contributed by atoms with Gasteiger partial charge in [-0.3, -0.25) is 0 Å². The van der Waals surface area contributed by atoms with Gasteiger partial charge < -0.3 is 5.32 Å². The fraction of sp³-hybridized carbons (Fsp3) is 0.667. The number of aromatic nitrogens is 2. The van der Waals surface area contributed by atoms with E-state index in [1.165, 1.54) is 0 Å². The van der Waals surface area contributed by atoms with E-state index in [1.54, 1.807) is 6.07 Å². The molecule has 0 bridgehead atoms. The Kier molecular flexibility index (Phi) is 5.37. The van der Waals surface area contributed by atoms with Crippen LogP contribution in [-0.2, 0) is 12.8 Å². The topological polar surface area (TPSA) is 37.8 Å². The van der Waals surface area contributed by atoms with Gasteiger partial charge >= 0.3 is 6.18 Å². The second-order valence-corrected chi connectivity index (χ2v) is 4.06. The number of alkyl halides is 3. The standard InChI is InChI=1S/C12H18F3N3/c1-3-5-9-8-11(16-4-2)18-10(17-9)6-7-12(13,14)15/h8H,3-7H2,1-2H3,(H,16,17,18). The summed E-state index contributed by atoms with van der Waals surface area (Å²) in [4.78, 5) is 8.24. The van der Waals surface area contributed by atoms with Gasteiger partial charge in [-0.2, -0.15) is 13.2 Å². The molecule has 0 radical (unpaired) electrons. The maximum Gasteiger partial charge on any atom is 0.389 e. The molecule has 0 fully saturated rings. The Labute approximate surface area is 105 Å². The Morgan fingerprint density at radius 1 is 1.17 bits per heavy atom. The Bertz CT molecular complexity index is 353. The number of nitrogens with one attached hydrogen (secondary N) is 1. The van der Waals surface area contributed by atoms with Crippen LogP contribution >= 0.6 is 0 Å². The van der Waals surface area contributed by atoms with Crippen molar-refractivity contribution >= 4 is 5.82 Å². The van der Waals surface area contributed by atoms with Crippen LogP contribution in [0.5, 0.6) is 0 Å². The molecule has 1 rings (SSSR count). The molecule has 0 unspecified atom stereocenters. The quantitative estimate of drug-likeness (QED) is 0.853. The first-order chi connectivity index (χ1) is 8.44. The number of halogens is 3. The summed E-state index contributed by atoms with van der Waals surface area (Å²) in [5.74, 6) is 0.863. The van der Waals surface area contributed by atoms with Gasteiger partial charge in [0.2, 0.25) is 0 Å². The molecule has 1 aromatic heterocycles. The maximum absolute atomic E-state index is 12.2. The van der Waals surface area contributed by atoms with E-state index in [9.17, 15) is 13.2 Å². The van der Waals surface area contributed by atoms with Crippen LogP contribution in [-0.4, -0.2) is 22.7 Å². The molecular formula is C12H18F3N3. The highest BCUT2D eigenvalue weighted by atomic mass is 19.4. The van der Waals surface area contributed by atoms with E-state index >= 15 is 0 Å². The number of anilines is 1. The van der Waals surface area contributed by atoms with Gasteiger partial charge in [-0.1, -0.05) is 13.3 Å². The summed E-state index contributed by atoms with van der Waals surface area (Å²) in [7, 11) is 0. The van der Waals surface area contributed by atoms with Crippen LogP contribution in [0.4, 0.5) is 19.0 Å². The minimum absolute atomic E-state index is 0.167. The zero-order valence-electron chi connectivity index (χ0n) is 10.6. The monoisotopic (exact) mass is 261 g/mol. The third-order valence-corrected chi connectivity index (χ3v) is 2.32. The maximum atomic E-state index is 12.2. The average Bonchev–Trinajstić information content (AvgIpc) is 2.26. The van der Waals surface area contributed by atoms with Crippen molar-refractivity contribution in [3.63, 3.8) is 0 Å². The van der Waals surface area contributed by atoms with Gasteiger partial charge in [-0.25, -0.2) is 9.97 Å². The lowest BCUT2D eigenvalue weighted by Gasteiger charge is -2.09. The van der Waals surface area contributed by atoms with Crippen LogP contribution in [0.25, 0.3) is 0 Å². The number of hydrogen-bond acceptors (Lipinski definition) is 3. The average molecular weight is 261 g/mol. The van der Waals surface area contributed by atoms with Crippen molar-refractivity contribution in [1.29, 1.82) is 0 Å². The summed E-state index contributed by atoms with van der Waals surface area (Å²) < 4.78 is 36.5. The van der Waals surface area contributed by atoms with Crippen molar-refractivity contribution in [3.8, 4) is 0 Å². The minimum Gasteiger partial charge on any atom is -0.370 e. The third kappa shape index (κ3) is 5.33. The normalized spacial score (nSPS) is 11.6. The van der Waals surface area contributed by atoms with E-state index in [1.807, 2.05) is 13.8 Å². The summed E-state index contributed by atoms with van der Waals surface area (Å²) in [6.45, 7) is 4.60. The molecule has 0 aliphatic heterocycles. The summed E-state index contributed by atoms with van der Waals surface area (Å²) in [5.41, 5.74) is 0.792. The van der Waals surface area contributed by atoms with Gasteiger partial charge in [0.05, 0.1) is 6.42 Å². The molecule has 1 heterocycles. The number of rotatable bonds is 6. The fourth-order valence-electron chi connectivity index (χ4n) is 1.57. The molecule has 0 saturated carbocycles. The lowest BCUT2D eigenvalue weighted by Crippen LogP contribution is -2.12. The lowest BCUT2D eigenvalue weighted by atomic mass is 10.2. The van der Waals surface area contributed by atoms with E-state index in [4.69, 9.17) is 0 Å². The van der Waals surface area contributed by atoms with E-state index in [-0.39, 0.29) is 12.2 Å². The summed E-state index contributed by atoms with van der Waals surface area (Å²) in [6, 6.07) is 1.80. The highest BCUT2D eigenvalue weighted by Gasteiger charge is 2.27. The zero-order valence-corrected chi connectivity index (χ0v) is 10.6. The molecule has 18 heavy (non-hydrogen) atoms. The molecular weight excluding hydrogens is 243 g/mol. The van der Waals surface area contributed by atoms with E-state index in [0.29, 0.717) is 12.4 Å². The number of hydrogen-bond donors (Lipinski definition) is 1. The first-order valence-corrected chi connectivity index (χ1v) is 6.12. The second-order valence-electron chi connectivity index (χ2n) is 4.06. The van der Waals surface area contributed by atoms with Crippen LogP contribution in [0.15, 0.2) is 6.07 Å². The smallest absolute Gasteiger partial charge is 0.370 e. The Morgan fingerprint density at radius 2 is 1.89 bits per heavy atom. The van der Waals surface area contributed by atoms with E-state index in [0.717, 1.165) is 18.5 Å². The lowest BCUT2D eigenvalue weighted by molar-refractivity contribution is -0.134. The minimum atomic E-state index is -4.16. The molecule has 1 aromatic rings. The van der Waals surface area contributed by atoms with E-state index in [2.05, 4.69) is 15.3 Å². The molecule has 0 aliphatic carbocycles. The predicted octanol–water partition coefficient (Wildman–Crippen LogP) is 3.36. The molecule has 6 heteroatoms. The largest absolute Gasteiger partial charge is 0.389 e. The van der Waals surface area contributed by atoms with Crippen molar-refractivity contribution in [2.75, 3.05) is 11.9 Å². The van der Waals surface area contributed by atoms with Crippen molar-refractivity contribution in [3.05, 3.63) is 17.6 Å². The molecule has 0 saturated heterocycles. The van der Waals surface area contributed by atoms with Crippen molar-refractivity contribution < 1.29 is 13.2 Å². The van der Waals surface area contributed by atoms with Crippen LogP contribution in [0.1, 0.15) is 38.2 Å². The second kappa shape index (κ2) is 6.56. The SMILES string of the molecule is CCCc1cc(NCC)nc(CCC(F)(F)F)n1.